The topological polar surface area (TPSA) is 54.7 Å². The summed E-state index contributed by atoms with van der Waals surface area (Å²) in [5, 5.41) is 11.0. The number of nitrogen functional groups attached to an aromatic ring is 1. The van der Waals surface area contributed by atoms with Gasteiger partial charge in [0, 0.05) is 10.8 Å². The number of nitrogens with zero attached hydrogens (tertiary/aromatic N) is 2. The average molecular weight is 207 g/mol. The molecule has 0 fully saturated rings. The first-order valence-corrected chi connectivity index (χ1v) is 4.99. The Bertz CT molecular complexity index is 732. The molecule has 3 heteroatoms. The number of fused-ring (bicyclic) bond motifs is 3. The van der Waals surface area contributed by atoms with Crippen LogP contribution in [0.4, 0.5) is 0 Å². The minimum Gasteiger partial charge on any atom is -0.339 e. The van der Waals surface area contributed by atoms with Gasteiger partial charge in [-0.25, -0.2) is 0 Å². The van der Waals surface area contributed by atoms with Crippen LogP contribution in [0, 0.1) is 11.3 Å². The number of hydrogen-bond donors (Lipinski definition) is 1. The van der Waals surface area contributed by atoms with Gasteiger partial charge in [0.25, 0.3) is 0 Å². The molecule has 16 heavy (non-hydrogen) atoms. The average Bonchev–Trinajstić information content (AvgIpc) is 2.64. The maximum atomic E-state index is 8.89. The zero-order valence-electron chi connectivity index (χ0n) is 8.51. The Balaban J connectivity index is 2.58. The molecule has 0 amide bonds. The zero-order chi connectivity index (χ0) is 11.1. The van der Waals surface area contributed by atoms with E-state index in [1.165, 1.54) is 0 Å². The van der Waals surface area contributed by atoms with Crippen LogP contribution in [0.2, 0.25) is 0 Å². The Morgan fingerprint density at radius 2 is 1.75 bits per heavy atom. The molecule has 3 nitrogen and oxygen atoms in total. The Labute approximate surface area is 92.3 Å². The van der Waals surface area contributed by atoms with E-state index in [9.17, 15) is 0 Å². The van der Waals surface area contributed by atoms with Gasteiger partial charge in [-0.1, -0.05) is 18.2 Å². The number of nitriles is 1. The van der Waals surface area contributed by atoms with Gasteiger partial charge in [0.1, 0.15) is 0 Å². The molecule has 0 bridgehead atoms. The highest BCUT2D eigenvalue weighted by Crippen LogP contribution is 2.27. The number of para-hydroxylation sites is 1. The molecule has 0 saturated heterocycles. The van der Waals surface area contributed by atoms with E-state index in [0.29, 0.717) is 5.56 Å². The molecule has 2 N–H and O–H groups in total. The fraction of sp³-hybridized carbons (Fsp3) is 0. The zero-order valence-corrected chi connectivity index (χ0v) is 8.51. The van der Waals surface area contributed by atoms with Gasteiger partial charge >= 0.3 is 0 Å². The van der Waals surface area contributed by atoms with Crippen LogP contribution in [0.15, 0.2) is 42.5 Å². The third-order valence-corrected chi connectivity index (χ3v) is 2.84. The molecule has 1 heterocycles. The monoisotopic (exact) mass is 207 g/mol. The lowest BCUT2D eigenvalue weighted by Crippen LogP contribution is -2.06. The molecule has 0 aliphatic carbocycles. The Morgan fingerprint density at radius 1 is 1.00 bits per heavy atom. The minimum atomic E-state index is 0.656. The fourth-order valence-electron chi connectivity index (χ4n) is 2.07. The molecule has 0 atom stereocenters. The third-order valence-electron chi connectivity index (χ3n) is 2.84. The molecular weight excluding hydrogens is 198 g/mol. The Morgan fingerprint density at radius 3 is 2.56 bits per heavy atom. The molecule has 0 spiro atoms. The van der Waals surface area contributed by atoms with E-state index in [-0.39, 0.29) is 0 Å². The van der Waals surface area contributed by atoms with Crippen LogP contribution in [-0.2, 0) is 0 Å². The standard InChI is InChI=1S/C13H9N3/c14-8-9-5-6-13-11(7-9)10-3-1-2-4-12(10)16(13)15/h1-7H,15H2. The second-order valence-corrected chi connectivity index (χ2v) is 3.73. The summed E-state index contributed by atoms with van der Waals surface area (Å²) in [5.41, 5.74) is 2.58. The maximum absolute atomic E-state index is 8.89. The van der Waals surface area contributed by atoms with Gasteiger partial charge in [0.2, 0.25) is 0 Å². The SMILES string of the molecule is N#Cc1ccc2c(c1)c1ccccc1n2N. The van der Waals surface area contributed by atoms with Crippen LogP contribution in [0.1, 0.15) is 5.56 Å². The summed E-state index contributed by atoms with van der Waals surface area (Å²) in [6, 6.07) is 15.6. The van der Waals surface area contributed by atoms with Crippen LogP contribution in [0.5, 0.6) is 0 Å². The lowest BCUT2D eigenvalue weighted by molar-refractivity contribution is 1.12. The maximum Gasteiger partial charge on any atom is 0.0991 e. The van der Waals surface area contributed by atoms with Gasteiger partial charge in [0.15, 0.2) is 0 Å². The van der Waals surface area contributed by atoms with E-state index in [0.717, 1.165) is 21.8 Å². The molecule has 76 valence electrons. The van der Waals surface area contributed by atoms with Gasteiger partial charge in [-0.3, -0.25) is 4.68 Å². The number of rotatable bonds is 0. The predicted octanol–water partition coefficient (Wildman–Crippen LogP) is 2.38. The van der Waals surface area contributed by atoms with Crippen molar-refractivity contribution in [1.82, 2.24) is 4.68 Å². The molecule has 1 aromatic heterocycles. The summed E-state index contributed by atoms with van der Waals surface area (Å²) in [6.45, 7) is 0. The normalized spacial score (nSPS) is 10.7. The van der Waals surface area contributed by atoms with E-state index >= 15 is 0 Å². The van der Waals surface area contributed by atoms with Crippen molar-refractivity contribution in [2.45, 2.75) is 0 Å². The van der Waals surface area contributed by atoms with Gasteiger partial charge in [0.05, 0.1) is 22.7 Å². The summed E-state index contributed by atoms with van der Waals surface area (Å²) in [7, 11) is 0. The minimum absolute atomic E-state index is 0.656. The van der Waals surface area contributed by atoms with Crippen molar-refractivity contribution in [3.8, 4) is 6.07 Å². The summed E-state index contributed by atoms with van der Waals surface area (Å²) in [4.78, 5) is 0. The molecule has 3 rings (SSSR count). The summed E-state index contributed by atoms with van der Waals surface area (Å²) >= 11 is 0. The molecule has 0 radical (unpaired) electrons. The van der Waals surface area contributed by atoms with E-state index in [1.807, 2.05) is 36.4 Å². The molecular formula is C13H9N3. The number of hydrogen-bond acceptors (Lipinski definition) is 2. The van der Waals surface area contributed by atoms with E-state index in [2.05, 4.69) is 6.07 Å². The summed E-state index contributed by atoms with van der Waals surface area (Å²) < 4.78 is 1.66. The van der Waals surface area contributed by atoms with Crippen molar-refractivity contribution in [3.63, 3.8) is 0 Å². The highest BCUT2D eigenvalue weighted by atomic mass is 15.3. The van der Waals surface area contributed by atoms with Gasteiger partial charge in [-0.15, -0.1) is 0 Å². The van der Waals surface area contributed by atoms with Crippen molar-refractivity contribution < 1.29 is 0 Å². The van der Waals surface area contributed by atoms with Crippen molar-refractivity contribution in [3.05, 3.63) is 48.0 Å². The van der Waals surface area contributed by atoms with Gasteiger partial charge in [-0.05, 0) is 24.3 Å². The molecule has 0 aliphatic heterocycles. The van der Waals surface area contributed by atoms with E-state index in [4.69, 9.17) is 11.1 Å². The number of nitrogens with two attached hydrogens (primary N) is 1. The van der Waals surface area contributed by atoms with Crippen LogP contribution < -0.4 is 5.84 Å². The second kappa shape index (κ2) is 3.01. The lowest BCUT2D eigenvalue weighted by atomic mass is 10.1. The quantitative estimate of drug-likeness (QED) is 0.575. The van der Waals surface area contributed by atoms with Gasteiger partial charge in [-0.2, -0.15) is 5.26 Å². The molecule has 0 aliphatic rings. The summed E-state index contributed by atoms with van der Waals surface area (Å²) in [6.07, 6.45) is 0. The second-order valence-electron chi connectivity index (χ2n) is 3.73. The van der Waals surface area contributed by atoms with Crippen LogP contribution in [-0.4, -0.2) is 4.68 Å². The van der Waals surface area contributed by atoms with E-state index < -0.39 is 0 Å². The van der Waals surface area contributed by atoms with Crippen molar-refractivity contribution in [1.29, 1.82) is 5.26 Å². The highest BCUT2D eigenvalue weighted by Gasteiger charge is 2.08. The fourth-order valence-corrected chi connectivity index (χ4v) is 2.07. The first-order chi connectivity index (χ1) is 7.81. The molecule has 0 saturated carbocycles. The van der Waals surface area contributed by atoms with Crippen LogP contribution in [0.3, 0.4) is 0 Å². The highest BCUT2D eigenvalue weighted by molar-refractivity contribution is 6.08. The largest absolute Gasteiger partial charge is 0.339 e. The number of aromatic nitrogens is 1. The number of benzene rings is 2. The lowest BCUT2D eigenvalue weighted by Gasteiger charge is -1.96. The Kier molecular flexibility index (Phi) is 1.66. The molecule has 3 aromatic rings. The molecule has 0 unspecified atom stereocenters. The smallest absolute Gasteiger partial charge is 0.0991 e. The van der Waals surface area contributed by atoms with Crippen LogP contribution >= 0.6 is 0 Å². The van der Waals surface area contributed by atoms with Gasteiger partial charge < -0.3 is 5.84 Å². The summed E-state index contributed by atoms with van der Waals surface area (Å²) in [5.74, 6) is 6.00. The predicted molar refractivity (Wildman–Crippen MR) is 64.3 cm³/mol. The van der Waals surface area contributed by atoms with E-state index in [1.54, 1.807) is 10.7 Å². The molecule has 2 aromatic carbocycles. The van der Waals surface area contributed by atoms with Crippen molar-refractivity contribution in [2.24, 2.45) is 0 Å². The van der Waals surface area contributed by atoms with Crippen molar-refractivity contribution in [2.75, 3.05) is 5.84 Å². The third kappa shape index (κ3) is 1.01. The first-order valence-electron chi connectivity index (χ1n) is 4.99. The van der Waals surface area contributed by atoms with Crippen molar-refractivity contribution >= 4 is 21.8 Å². The van der Waals surface area contributed by atoms with Crippen LogP contribution in [0.25, 0.3) is 21.8 Å². The Hall–Kier alpha value is -2.47. The first kappa shape index (κ1) is 8.81.